The largest absolute Gasteiger partial charge is 0.486 e. The van der Waals surface area contributed by atoms with Gasteiger partial charge in [-0.05, 0) is 19.1 Å². The number of quaternary nitrogens is 1. The van der Waals surface area contributed by atoms with Gasteiger partial charge >= 0.3 is 0 Å². The normalized spacial score (nSPS) is 20.3. The van der Waals surface area contributed by atoms with Crippen molar-refractivity contribution in [1.29, 1.82) is 5.26 Å². The summed E-state index contributed by atoms with van der Waals surface area (Å²) in [4.78, 5) is 1.51. The zero-order valence-corrected chi connectivity index (χ0v) is 14.5. The Morgan fingerprint density at radius 3 is 2.58 bits per heavy atom. The quantitative estimate of drug-likeness (QED) is 0.790. The molecule has 2 heterocycles. The van der Waals surface area contributed by atoms with Crippen molar-refractivity contribution >= 4 is 10.0 Å². The maximum atomic E-state index is 12.8. The first-order valence-electron chi connectivity index (χ1n) is 8.13. The Bertz CT molecular complexity index is 736. The molecule has 0 saturated carbocycles. The van der Waals surface area contributed by atoms with Crippen LogP contribution in [0.15, 0.2) is 23.1 Å². The third kappa shape index (κ3) is 3.48. The lowest BCUT2D eigenvalue weighted by Gasteiger charge is -2.32. The number of nitrogens with zero attached hydrogens (tertiary/aromatic N) is 2. The summed E-state index contributed by atoms with van der Waals surface area (Å²) in [5.74, 6) is 1.05. The predicted octanol–water partition coefficient (Wildman–Crippen LogP) is -0.493. The molecule has 0 amide bonds. The highest BCUT2D eigenvalue weighted by Crippen LogP contribution is 2.33. The lowest BCUT2D eigenvalue weighted by Crippen LogP contribution is -3.15. The maximum Gasteiger partial charge on any atom is 0.243 e. The van der Waals surface area contributed by atoms with Gasteiger partial charge in [-0.25, -0.2) is 8.42 Å². The molecule has 1 saturated heterocycles. The highest BCUT2D eigenvalue weighted by atomic mass is 32.2. The van der Waals surface area contributed by atoms with Crippen molar-refractivity contribution < 1.29 is 22.8 Å². The summed E-state index contributed by atoms with van der Waals surface area (Å²) < 4.78 is 38.1. The van der Waals surface area contributed by atoms with Gasteiger partial charge in [0.1, 0.15) is 13.2 Å². The van der Waals surface area contributed by atoms with Gasteiger partial charge in [0.25, 0.3) is 0 Å². The van der Waals surface area contributed by atoms with Gasteiger partial charge in [-0.15, -0.1) is 0 Å². The maximum absolute atomic E-state index is 12.8. The molecule has 0 radical (unpaired) electrons. The molecule has 7 nitrogen and oxygen atoms in total. The van der Waals surface area contributed by atoms with Crippen LogP contribution in [0.5, 0.6) is 11.5 Å². The van der Waals surface area contributed by atoms with Crippen molar-refractivity contribution in [2.75, 3.05) is 45.9 Å². The first-order valence-corrected chi connectivity index (χ1v) is 9.57. The molecule has 0 aromatic heterocycles. The van der Waals surface area contributed by atoms with E-state index in [0.717, 1.165) is 19.6 Å². The SMILES string of the molecule is C[C@@H](C#N)C[NH+]1CCN(S(=O)(=O)c2ccc3c(c2)OCCO3)CC1. The molecule has 0 aliphatic carbocycles. The van der Waals surface area contributed by atoms with Crippen molar-refractivity contribution in [3.8, 4) is 17.6 Å². The number of ether oxygens (including phenoxy) is 2. The number of fused-ring (bicyclic) bond motifs is 1. The molecule has 24 heavy (non-hydrogen) atoms. The van der Waals surface area contributed by atoms with Crippen LogP contribution in [0.1, 0.15) is 6.92 Å². The number of nitrogens with one attached hydrogen (secondary N) is 1. The van der Waals surface area contributed by atoms with E-state index in [0.29, 0.717) is 37.8 Å². The number of sulfonamides is 1. The second kappa shape index (κ2) is 6.97. The van der Waals surface area contributed by atoms with Crippen molar-refractivity contribution in [3.05, 3.63) is 18.2 Å². The molecule has 0 spiro atoms. The van der Waals surface area contributed by atoms with Crippen LogP contribution in [0.25, 0.3) is 0 Å². The van der Waals surface area contributed by atoms with Crippen LogP contribution in [0.4, 0.5) is 0 Å². The van der Waals surface area contributed by atoms with Crippen LogP contribution >= 0.6 is 0 Å². The Hall–Kier alpha value is -1.82. The molecule has 2 aliphatic rings. The minimum atomic E-state index is -3.53. The molecule has 8 heteroatoms. The van der Waals surface area contributed by atoms with E-state index in [1.54, 1.807) is 18.2 Å². The molecule has 0 unspecified atom stereocenters. The number of hydrogen-bond donors (Lipinski definition) is 1. The summed E-state index contributed by atoms with van der Waals surface area (Å²) in [7, 11) is -3.53. The smallest absolute Gasteiger partial charge is 0.243 e. The summed E-state index contributed by atoms with van der Waals surface area (Å²) in [5.41, 5.74) is 0. The number of benzene rings is 1. The lowest BCUT2D eigenvalue weighted by atomic mass is 10.2. The van der Waals surface area contributed by atoms with E-state index in [4.69, 9.17) is 14.7 Å². The van der Waals surface area contributed by atoms with Crippen molar-refractivity contribution in [3.63, 3.8) is 0 Å². The summed E-state index contributed by atoms with van der Waals surface area (Å²) in [6.07, 6.45) is 0. The molecule has 0 bridgehead atoms. The average molecular weight is 352 g/mol. The van der Waals surface area contributed by atoms with Crippen LogP contribution < -0.4 is 14.4 Å². The van der Waals surface area contributed by atoms with Gasteiger partial charge in [0, 0.05) is 6.07 Å². The topological polar surface area (TPSA) is 84.1 Å². The first kappa shape index (κ1) is 17.0. The van der Waals surface area contributed by atoms with Crippen LogP contribution in [0, 0.1) is 17.2 Å². The fraction of sp³-hybridized carbons (Fsp3) is 0.562. The molecule has 1 N–H and O–H groups in total. The van der Waals surface area contributed by atoms with Crippen molar-refractivity contribution in [2.24, 2.45) is 5.92 Å². The van der Waals surface area contributed by atoms with Gasteiger partial charge in [-0.3, -0.25) is 0 Å². The number of nitriles is 1. The zero-order chi connectivity index (χ0) is 17.2. The molecule has 1 fully saturated rings. The van der Waals surface area contributed by atoms with Crippen molar-refractivity contribution in [1.82, 2.24) is 4.31 Å². The molecular formula is C16H22N3O4S+. The first-order chi connectivity index (χ1) is 11.5. The number of hydrogen-bond acceptors (Lipinski definition) is 5. The second-order valence-corrected chi connectivity index (χ2v) is 8.13. The summed E-state index contributed by atoms with van der Waals surface area (Å²) >= 11 is 0. The van der Waals surface area contributed by atoms with Crippen LogP contribution in [-0.2, 0) is 10.0 Å². The van der Waals surface area contributed by atoms with Crippen LogP contribution in [0.3, 0.4) is 0 Å². The molecule has 130 valence electrons. The summed E-state index contributed by atoms with van der Waals surface area (Å²) in [6, 6.07) is 6.99. The van der Waals surface area contributed by atoms with Gasteiger partial charge in [0.05, 0.1) is 49.6 Å². The van der Waals surface area contributed by atoms with E-state index in [-0.39, 0.29) is 10.8 Å². The minimum Gasteiger partial charge on any atom is -0.486 e. The lowest BCUT2D eigenvalue weighted by molar-refractivity contribution is -0.905. The van der Waals surface area contributed by atoms with E-state index in [2.05, 4.69) is 6.07 Å². The monoisotopic (exact) mass is 352 g/mol. The Balaban J connectivity index is 1.70. The van der Waals surface area contributed by atoms with Gasteiger partial charge in [0.2, 0.25) is 10.0 Å². The average Bonchev–Trinajstić information content (AvgIpc) is 2.61. The third-order valence-corrected chi connectivity index (χ3v) is 6.29. The van der Waals surface area contributed by atoms with E-state index in [1.807, 2.05) is 6.92 Å². The Labute approximate surface area is 142 Å². The van der Waals surface area contributed by atoms with Gasteiger partial charge in [-0.1, -0.05) is 0 Å². The third-order valence-electron chi connectivity index (χ3n) is 4.40. The highest BCUT2D eigenvalue weighted by molar-refractivity contribution is 7.89. The molecule has 3 rings (SSSR count). The fourth-order valence-corrected chi connectivity index (χ4v) is 4.52. The Morgan fingerprint density at radius 1 is 1.25 bits per heavy atom. The highest BCUT2D eigenvalue weighted by Gasteiger charge is 2.31. The van der Waals surface area contributed by atoms with Crippen molar-refractivity contribution in [2.45, 2.75) is 11.8 Å². The molecule has 1 atom stereocenters. The van der Waals surface area contributed by atoms with E-state index < -0.39 is 10.0 Å². The molecule has 1 aromatic carbocycles. The van der Waals surface area contributed by atoms with E-state index in [1.165, 1.54) is 9.21 Å². The fourth-order valence-electron chi connectivity index (χ4n) is 3.06. The zero-order valence-electron chi connectivity index (χ0n) is 13.7. The molecular weight excluding hydrogens is 330 g/mol. The van der Waals surface area contributed by atoms with Crippen LogP contribution in [-0.4, -0.2) is 58.7 Å². The number of piperazine rings is 1. The molecule has 1 aromatic rings. The Morgan fingerprint density at radius 2 is 1.92 bits per heavy atom. The van der Waals surface area contributed by atoms with E-state index >= 15 is 0 Å². The standard InChI is InChI=1S/C16H21N3O4S/c1-13(11-17)12-18-4-6-19(7-5-18)24(20,21)14-2-3-15-16(10-14)23-9-8-22-15/h2-3,10,13H,4-9,12H2,1H3/p+1/t13-/m0/s1. The molecule has 2 aliphatic heterocycles. The number of rotatable bonds is 4. The van der Waals surface area contributed by atoms with Gasteiger partial charge in [0.15, 0.2) is 11.5 Å². The summed E-state index contributed by atoms with van der Waals surface area (Å²) in [6.45, 7) is 5.92. The van der Waals surface area contributed by atoms with Crippen LogP contribution in [0.2, 0.25) is 0 Å². The minimum absolute atomic E-state index is 0.0130. The van der Waals surface area contributed by atoms with E-state index in [9.17, 15) is 8.42 Å². The van der Waals surface area contributed by atoms with Gasteiger partial charge < -0.3 is 14.4 Å². The predicted molar refractivity (Wildman–Crippen MR) is 86.5 cm³/mol. The summed E-state index contributed by atoms with van der Waals surface area (Å²) in [5, 5.41) is 8.90. The second-order valence-electron chi connectivity index (χ2n) is 6.19. The van der Waals surface area contributed by atoms with Gasteiger partial charge in [-0.2, -0.15) is 9.57 Å². The Kier molecular flexibility index (Phi) is 4.94.